The number of methoxy groups -OCH3 is 2. The summed E-state index contributed by atoms with van der Waals surface area (Å²) in [5, 5.41) is 9.29. The molecule has 3 aromatic heterocycles. The molecular weight excluding hydrogens is 562 g/mol. The quantitative estimate of drug-likeness (QED) is 0.200. The van der Waals surface area contributed by atoms with E-state index in [1.54, 1.807) is 26.4 Å². The fourth-order valence-electron chi connectivity index (χ4n) is 4.47. The van der Waals surface area contributed by atoms with Gasteiger partial charge in [0.2, 0.25) is 4.96 Å². The molecule has 0 aliphatic rings. The van der Waals surface area contributed by atoms with Crippen LogP contribution in [0.3, 0.4) is 0 Å². The van der Waals surface area contributed by atoms with E-state index in [0.717, 1.165) is 33.8 Å². The molecule has 0 saturated carbocycles. The molecule has 0 fully saturated rings. The lowest BCUT2D eigenvalue weighted by molar-refractivity contribution is 0.326. The van der Waals surface area contributed by atoms with Crippen molar-refractivity contribution >= 4 is 34.5 Å². The van der Waals surface area contributed by atoms with Gasteiger partial charge in [-0.2, -0.15) is 14.6 Å². The van der Waals surface area contributed by atoms with Gasteiger partial charge in [-0.25, -0.2) is 4.68 Å². The third-order valence-electron chi connectivity index (χ3n) is 6.58. The van der Waals surface area contributed by atoms with Gasteiger partial charge in [0.25, 0.3) is 5.56 Å². The first-order valence-corrected chi connectivity index (χ1v) is 14.2. The van der Waals surface area contributed by atoms with E-state index in [9.17, 15) is 4.79 Å². The number of hydrogen-bond acceptors (Lipinski definition) is 8. The first-order chi connectivity index (χ1) is 21.1. The number of rotatable bonds is 10. The summed E-state index contributed by atoms with van der Waals surface area (Å²) in [6, 6.07) is 23.1. The van der Waals surface area contributed by atoms with Crippen molar-refractivity contribution < 1.29 is 14.2 Å². The summed E-state index contributed by atoms with van der Waals surface area (Å²) in [5.41, 5.74) is 3.98. The standard InChI is InChI=1S/C33H27N5O4S/c1-4-18-42-27-16-10-22(19-28(27)41-3)11-17-30-34-33-38(35-30)32(39)29(43-33)20-24-21-37(25-8-6-5-7-9-25)36-31(24)23-12-14-26(40-2)15-13-23/h4-17,19-21H,1,18H2,2-3H3/b17-11+,29-20-. The molecule has 6 aromatic rings. The van der Waals surface area contributed by atoms with Crippen LogP contribution in [0, 0.1) is 0 Å². The molecule has 3 aromatic carbocycles. The van der Waals surface area contributed by atoms with Crippen molar-refractivity contribution in [2.24, 2.45) is 0 Å². The third kappa shape index (κ3) is 5.81. The van der Waals surface area contributed by atoms with E-state index in [1.807, 2.05) is 95.8 Å². The van der Waals surface area contributed by atoms with E-state index in [-0.39, 0.29) is 5.56 Å². The predicted octanol–water partition coefficient (Wildman–Crippen LogP) is 5.30. The van der Waals surface area contributed by atoms with Crippen LogP contribution in [-0.4, -0.2) is 45.2 Å². The zero-order valence-electron chi connectivity index (χ0n) is 23.5. The van der Waals surface area contributed by atoms with Gasteiger partial charge in [-0.05, 0) is 66.2 Å². The lowest BCUT2D eigenvalue weighted by Gasteiger charge is -2.09. The van der Waals surface area contributed by atoms with Crippen molar-refractivity contribution in [1.82, 2.24) is 24.4 Å². The van der Waals surface area contributed by atoms with Crippen molar-refractivity contribution in [1.29, 1.82) is 0 Å². The van der Waals surface area contributed by atoms with Gasteiger partial charge in [-0.3, -0.25) is 4.79 Å². The normalized spacial score (nSPS) is 11.8. The highest BCUT2D eigenvalue weighted by atomic mass is 32.1. The highest BCUT2D eigenvalue weighted by Crippen LogP contribution is 2.29. The van der Waals surface area contributed by atoms with Crippen LogP contribution < -0.4 is 24.3 Å². The molecule has 0 N–H and O–H groups in total. The van der Waals surface area contributed by atoms with Gasteiger partial charge in [-0.15, -0.1) is 5.10 Å². The SMILES string of the molecule is C=CCOc1ccc(/C=C/c2nc3s/c(=C\c4cn(-c5ccccc5)nc4-c4ccc(OC)cc4)c(=O)n3n2)cc1OC. The van der Waals surface area contributed by atoms with E-state index in [0.29, 0.717) is 33.4 Å². The maximum Gasteiger partial charge on any atom is 0.291 e. The molecule has 3 heterocycles. The van der Waals surface area contributed by atoms with E-state index < -0.39 is 0 Å². The summed E-state index contributed by atoms with van der Waals surface area (Å²) >= 11 is 1.28. The number of hydrogen-bond donors (Lipinski definition) is 0. The molecule has 43 heavy (non-hydrogen) atoms. The van der Waals surface area contributed by atoms with Crippen molar-refractivity contribution in [3.05, 3.63) is 123 Å². The molecule has 0 aliphatic heterocycles. The van der Waals surface area contributed by atoms with Crippen molar-refractivity contribution in [3.8, 4) is 34.2 Å². The van der Waals surface area contributed by atoms with E-state index in [1.165, 1.54) is 15.9 Å². The van der Waals surface area contributed by atoms with Crippen LogP contribution in [0.1, 0.15) is 17.0 Å². The molecular formula is C33H27N5O4S. The molecule has 0 radical (unpaired) electrons. The lowest BCUT2D eigenvalue weighted by Crippen LogP contribution is -2.23. The smallest absolute Gasteiger partial charge is 0.291 e. The van der Waals surface area contributed by atoms with Gasteiger partial charge in [-0.1, -0.05) is 54.3 Å². The Labute approximate surface area is 251 Å². The fraction of sp³-hybridized carbons (Fsp3) is 0.0909. The second-order valence-corrected chi connectivity index (χ2v) is 10.4. The molecule has 0 atom stereocenters. The first kappa shape index (κ1) is 27.7. The number of ether oxygens (including phenoxy) is 3. The topological polar surface area (TPSA) is 92.8 Å². The summed E-state index contributed by atoms with van der Waals surface area (Å²) in [6.45, 7) is 4.05. The van der Waals surface area contributed by atoms with E-state index in [4.69, 9.17) is 19.3 Å². The summed E-state index contributed by atoms with van der Waals surface area (Å²) in [7, 11) is 3.22. The van der Waals surface area contributed by atoms with Crippen molar-refractivity contribution in [2.45, 2.75) is 0 Å². The van der Waals surface area contributed by atoms with Gasteiger partial charge in [0.05, 0.1) is 24.4 Å². The van der Waals surface area contributed by atoms with Crippen molar-refractivity contribution in [2.75, 3.05) is 20.8 Å². The second-order valence-electron chi connectivity index (χ2n) is 9.37. The molecule has 10 heteroatoms. The molecule has 214 valence electrons. The van der Waals surface area contributed by atoms with Gasteiger partial charge in [0.15, 0.2) is 17.3 Å². The Morgan fingerprint density at radius 1 is 0.930 bits per heavy atom. The Morgan fingerprint density at radius 3 is 2.47 bits per heavy atom. The Morgan fingerprint density at radius 2 is 1.74 bits per heavy atom. The van der Waals surface area contributed by atoms with Crippen molar-refractivity contribution in [3.63, 3.8) is 0 Å². The van der Waals surface area contributed by atoms with Crippen LogP contribution in [0.25, 0.3) is 40.1 Å². The van der Waals surface area contributed by atoms with Crippen LogP contribution in [-0.2, 0) is 0 Å². The van der Waals surface area contributed by atoms with Gasteiger partial charge in [0.1, 0.15) is 18.1 Å². The number of benzene rings is 3. The minimum atomic E-state index is -0.245. The van der Waals surface area contributed by atoms with Gasteiger partial charge < -0.3 is 14.2 Å². The van der Waals surface area contributed by atoms with E-state index >= 15 is 0 Å². The molecule has 0 unspecified atom stereocenters. The van der Waals surface area contributed by atoms with Crippen LogP contribution in [0.4, 0.5) is 0 Å². The molecule has 0 spiro atoms. The molecule has 0 amide bonds. The third-order valence-corrected chi connectivity index (χ3v) is 7.54. The Bertz CT molecular complexity index is 2040. The summed E-state index contributed by atoms with van der Waals surface area (Å²) in [5.74, 6) is 2.41. The number of thiazole rings is 1. The molecule has 0 saturated heterocycles. The first-order valence-electron chi connectivity index (χ1n) is 13.4. The van der Waals surface area contributed by atoms with Gasteiger partial charge in [0, 0.05) is 17.3 Å². The van der Waals surface area contributed by atoms with Crippen LogP contribution in [0.15, 0.2) is 96.4 Å². The number of aromatic nitrogens is 5. The average molecular weight is 590 g/mol. The maximum absolute atomic E-state index is 13.4. The highest BCUT2D eigenvalue weighted by Gasteiger charge is 2.14. The average Bonchev–Trinajstić information content (AvgIpc) is 3.74. The fourth-order valence-corrected chi connectivity index (χ4v) is 5.37. The number of para-hydroxylation sites is 1. The molecule has 0 bridgehead atoms. The number of fused-ring (bicyclic) bond motifs is 1. The van der Waals surface area contributed by atoms with Crippen LogP contribution in [0.5, 0.6) is 17.2 Å². The summed E-state index contributed by atoms with van der Waals surface area (Å²) < 4.78 is 20.0. The molecule has 9 nitrogen and oxygen atoms in total. The molecule has 0 aliphatic carbocycles. The Balaban J connectivity index is 1.33. The van der Waals surface area contributed by atoms with Crippen LogP contribution >= 0.6 is 11.3 Å². The second kappa shape index (κ2) is 12.2. The maximum atomic E-state index is 13.4. The largest absolute Gasteiger partial charge is 0.497 e. The summed E-state index contributed by atoms with van der Waals surface area (Å²) in [4.78, 5) is 18.4. The zero-order chi connectivity index (χ0) is 29.8. The highest BCUT2D eigenvalue weighted by molar-refractivity contribution is 7.15. The van der Waals surface area contributed by atoms with E-state index in [2.05, 4.69) is 16.7 Å². The predicted molar refractivity (Wildman–Crippen MR) is 169 cm³/mol. The summed E-state index contributed by atoms with van der Waals surface area (Å²) in [6.07, 6.45) is 9.05. The van der Waals surface area contributed by atoms with Crippen LogP contribution in [0.2, 0.25) is 0 Å². The zero-order valence-corrected chi connectivity index (χ0v) is 24.3. The molecule has 6 rings (SSSR count). The van der Waals surface area contributed by atoms with Gasteiger partial charge >= 0.3 is 0 Å². The number of nitrogens with zero attached hydrogens (tertiary/aromatic N) is 5. The monoisotopic (exact) mass is 589 g/mol. The minimum absolute atomic E-state index is 0.245. The minimum Gasteiger partial charge on any atom is -0.497 e. The Hall–Kier alpha value is -5.48. The Kier molecular flexibility index (Phi) is 7.84. The lowest BCUT2D eigenvalue weighted by atomic mass is 10.1.